The summed E-state index contributed by atoms with van der Waals surface area (Å²) < 4.78 is 12.3. The Morgan fingerprint density at radius 1 is 0.971 bits per heavy atom. The molecule has 0 aliphatic rings. The molecule has 0 bridgehead atoms. The number of fused-ring (bicyclic) bond motifs is 2. The van der Waals surface area contributed by atoms with Crippen molar-refractivity contribution in [1.29, 1.82) is 0 Å². The minimum absolute atomic E-state index is 0.325. The number of nitrogens with zero attached hydrogens (tertiary/aromatic N) is 9. The van der Waals surface area contributed by atoms with Crippen molar-refractivity contribution in [2.75, 3.05) is 12.4 Å². The van der Waals surface area contributed by atoms with Crippen LogP contribution in [0.3, 0.4) is 0 Å². The van der Waals surface area contributed by atoms with E-state index in [1.165, 1.54) is 0 Å². The van der Waals surface area contributed by atoms with Gasteiger partial charge in [-0.05, 0) is 50.2 Å². The summed E-state index contributed by atoms with van der Waals surface area (Å²) in [7, 11) is 1.63. The van der Waals surface area contributed by atoms with Gasteiger partial charge < -0.3 is 9.15 Å². The van der Waals surface area contributed by atoms with Gasteiger partial charge in [0.2, 0.25) is 17.7 Å². The molecule has 0 radical (unpaired) electrons. The van der Waals surface area contributed by atoms with E-state index in [1.54, 1.807) is 42.3 Å². The Hall–Kier alpha value is -5.00. The highest BCUT2D eigenvalue weighted by Gasteiger charge is 2.17. The number of aromatic nitrogens is 9. The van der Waals surface area contributed by atoms with Crippen LogP contribution >= 0.6 is 0 Å². The van der Waals surface area contributed by atoms with Crippen LogP contribution < -0.4 is 10.1 Å². The van der Waals surface area contributed by atoms with Gasteiger partial charge in [-0.25, -0.2) is 19.9 Å². The van der Waals surface area contributed by atoms with Gasteiger partial charge in [0.15, 0.2) is 5.76 Å². The number of methoxy groups -OCH3 is 1. The van der Waals surface area contributed by atoms with Crippen molar-refractivity contribution in [2.24, 2.45) is 0 Å². The highest BCUT2D eigenvalue weighted by Crippen LogP contribution is 2.25. The van der Waals surface area contributed by atoms with E-state index in [0.717, 1.165) is 28.0 Å². The third-order valence-electron chi connectivity index (χ3n) is 5.45. The number of furan rings is 1. The molecule has 12 heteroatoms. The number of anilines is 2. The quantitative estimate of drug-likeness (QED) is 0.398. The van der Waals surface area contributed by atoms with E-state index in [0.29, 0.717) is 40.6 Å². The smallest absolute Gasteiger partial charge is 0.272 e. The largest absolute Gasteiger partial charge is 0.497 e. The minimum Gasteiger partial charge on any atom is -0.497 e. The van der Waals surface area contributed by atoms with Gasteiger partial charge in [0, 0.05) is 11.6 Å². The topological polar surface area (TPSA) is 142 Å². The summed E-state index contributed by atoms with van der Waals surface area (Å²) >= 11 is 0. The Kier molecular flexibility index (Phi) is 4.76. The van der Waals surface area contributed by atoms with Crippen LogP contribution in [0.25, 0.3) is 39.7 Å². The molecule has 0 spiro atoms. The molecule has 5 aromatic heterocycles. The highest BCUT2D eigenvalue weighted by atomic mass is 16.5. The van der Waals surface area contributed by atoms with Gasteiger partial charge in [-0.1, -0.05) is 0 Å². The maximum atomic E-state index is 5.39. The zero-order chi connectivity index (χ0) is 23.9. The first-order valence-electron chi connectivity index (χ1n) is 10.7. The molecule has 1 N–H and O–H groups in total. The van der Waals surface area contributed by atoms with Crippen LogP contribution in [0.2, 0.25) is 0 Å². The van der Waals surface area contributed by atoms with Gasteiger partial charge in [-0.15, -0.1) is 15.3 Å². The monoisotopic (exact) mass is 466 g/mol. The number of aryl methyl sites for hydroxylation is 2. The van der Waals surface area contributed by atoms with Crippen LogP contribution in [-0.4, -0.2) is 51.8 Å². The van der Waals surface area contributed by atoms with Crippen LogP contribution in [0, 0.1) is 13.8 Å². The van der Waals surface area contributed by atoms with Crippen molar-refractivity contribution in [3.8, 4) is 28.7 Å². The summed E-state index contributed by atoms with van der Waals surface area (Å²) in [5.41, 5.74) is 3.41. The molecule has 0 fully saturated rings. The Morgan fingerprint density at radius 2 is 1.89 bits per heavy atom. The third kappa shape index (κ3) is 3.66. The van der Waals surface area contributed by atoms with E-state index in [9.17, 15) is 0 Å². The molecular weight excluding hydrogens is 448 g/mol. The molecule has 172 valence electrons. The van der Waals surface area contributed by atoms with E-state index >= 15 is 0 Å². The molecule has 0 atom stereocenters. The van der Waals surface area contributed by atoms with Gasteiger partial charge in [0.05, 0.1) is 36.0 Å². The van der Waals surface area contributed by atoms with Gasteiger partial charge in [0.25, 0.3) is 5.78 Å². The number of ether oxygens (including phenoxy) is 1. The second-order valence-electron chi connectivity index (χ2n) is 7.66. The van der Waals surface area contributed by atoms with Crippen molar-refractivity contribution < 1.29 is 9.15 Å². The predicted molar refractivity (Wildman–Crippen MR) is 126 cm³/mol. The van der Waals surface area contributed by atoms with E-state index < -0.39 is 0 Å². The average Bonchev–Trinajstić information content (AvgIpc) is 3.55. The van der Waals surface area contributed by atoms with Crippen LogP contribution in [-0.2, 0) is 0 Å². The van der Waals surface area contributed by atoms with Crippen LogP contribution in [0.4, 0.5) is 11.9 Å². The molecule has 0 amide bonds. The van der Waals surface area contributed by atoms with Crippen LogP contribution in [0.1, 0.15) is 11.4 Å². The van der Waals surface area contributed by atoms with Crippen molar-refractivity contribution in [2.45, 2.75) is 13.8 Å². The lowest BCUT2D eigenvalue weighted by atomic mass is 10.2. The summed E-state index contributed by atoms with van der Waals surface area (Å²) in [6.07, 6.45) is 3.20. The molecule has 0 saturated heterocycles. The van der Waals surface area contributed by atoms with Gasteiger partial charge in [0.1, 0.15) is 11.4 Å². The zero-order valence-electron chi connectivity index (χ0n) is 19.0. The lowest BCUT2D eigenvalue weighted by Gasteiger charge is -2.09. The Bertz CT molecular complexity index is 1690. The normalized spacial score (nSPS) is 11.3. The summed E-state index contributed by atoms with van der Waals surface area (Å²) in [6.45, 7) is 3.78. The molecule has 0 aliphatic carbocycles. The molecule has 6 rings (SSSR count). The lowest BCUT2D eigenvalue weighted by Crippen LogP contribution is -2.06. The molecule has 6 aromatic rings. The number of hydrogen-bond acceptors (Lipinski definition) is 11. The molecule has 1 aromatic carbocycles. The third-order valence-corrected chi connectivity index (χ3v) is 5.45. The average molecular weight is 466 g/mol. The lowest BCUT2D eigenvalue weighted by molar-refractivity contribution is 0.415. The second kappa shape index (κ2) is 8.09. The highest BCUT2D eigenvalue weighted by molar-refractivity contribution is 5.83. The predicted octanol–water partition coefficient (Wildman–Crippen LogP) is 3.55. The van der Waals surface area contributed by atoms with Crippen LogP contribution in [0.15, 0.2) is 53.3 Å². The van der Waals surface area contributed by atoms with Gasteiger partial charge in [-0.3, -0.25) is 5.32 Å². The number of hydrogen-bond donors (Lipinski definition) is 1. The molecule has 5 heterocycles. The van der Waals surface area contributed by atoms with Crippen molar-refractivity contribution in [3.05, 3.63) is 60.2 Å². The van der Waals surface area contributed by atoms with Crippen LogP contribution in [0.5, 0.6) is 5.75 Å². The fraction of sp³-hybridized carbons (Fsp3) is 0.130. The summed E-state index contributed by atoms with van der Waals surface area (Å²) in [6, 6.07) is 11.0. The first-order chi connectivity index (χ1) is 17.1. The Balaban J connectivity index is 1.34. The summed E-state index contributed by atoms with van der Waals surface area (Å²) in [5, 5.41) is 17.0. The number of benzene rings is 1. The van der Waals surface area contributed by atoms with E-state index in [2.05, 4.69) is 45.5 Å². The molecule has 0 aliphatic heterocycles. The summed E-state index contributed by atoms with van der Waals surface area (Å²) in [5.74, 6) is 2.80. The van der Waals surface area contributed by atoms with E-state index in [-0.39, 0.29) is 0 Å². The maximum Gasteiger partial charge on any atom is 0.272 e. The van der Waals surface area contributed by atoms with E-state index in [4.69, 9.17) is 9.15 Å². The molecule has 0 unspecified atom stereocenters. The van der Waals surface area contributed by atoms with E-state index in [1.807, 2.05) is 32.0 Å². The Morgan fingerprint density at radius 3 is 2.71 bits per heavy atom. The molecule has 0 saturated carbocycles. The van der Waals surface area contributed by atoms with Crippen molar-refractivity contribution >= 4 is 28.6 Å². The van der Waals surface area contributed by atoms with Gasteiger partial charge >= 0.3 is 0 Å². The first-order valence-corrected chi connectivity index (χ1v) is 10.7. The van der Waals surface area contributed by atoms with Crippen molar-refractivity contribution in [1.82, 2.24) is 44.7 Å². The number of rotatable bonds is 5. The van der Waals surface area contributed by atoms with Gasteiger partial charge in [-0.2, -0.15) is 9.50 Å². The molecular formula is C23H18N10O2. The Labute approximate surface area is 198 Å². The fourth-order valence-electron chi connectivity index (χ4n) is 3.70. The molecule has 12 nitrogen and oxygen atoms in total. The zero-order valence-corrected chi connectivity index (χ0v) is 19.0. The minimum atomic E-state index is 0.325. The van der Waals surface area contributed by atoms with Crippen molar-refractivity contribution in [3.63, 3.8) is 0 Å². The summed E-state index contributed by atoms with van der Waals surface area (Å²) in [4.78, 5) is 22.4. The standard InChI is InChI=1S/C23H18N10O2/c1-12-15-11-14(34-3)6-7-16(15)26-22(25-12)29-21-24-9-8-17(27-21)19-13(2)33-23(31-30-19)28-20(32-33)18-5-4-10-35-18/h4-11H,1-3H3,(H,24,25,26,27,29). The number of nitrogens with one attached hydrogen (secondary N) is 1. The molecule has 35 heavy (non-hydrogen) atoms. The first kappa shape index (κ1) is 20.6. The maximum absolute atomic E-state index is 5.39. The SMILES string of the molecule is COc1ccc2nc(Nc3nccc(-c4nnc5nc(-c6ccco6)nn5c4C)n3)nc(C)c2c1. The second-order valence-corrected chi connectivity index (χ2v) is 7.66. The fourth-order valence-corrected chi connectivity index (χ4v) is 3.70.